The maximum atomic E-state index is 12.9. The fraction of sp³-hybridized carbons (Fsp3) is 0.269. The molecule has 0 saturated carbocycles. The molecule has 1 fully saturated rings. The van der Waals surface area contributed by atoms with Crippen LogP contribution in [0, 0.1) is 0 Å². The molecule has 0 spiro atoms. The summed E-state index contributed by atoms with van der Waals surface area (Å²) in [6.45, 7) is 3.56. The number of sulfonamides is 1. The summed E-state index contributed by atoms with van der Waals surface area (Å²) in [6, 6.07) is 21.7. The fourth-order valence-corrected chi connectivity index (χ4v) is 4.84. The number of benzene rings is 3. The number of carbonyl (C=O) groups is 1. The number of likely N-dealkylation sites (N-methyl/N-ethyl adjacent to an activating group) is 1. The van der Waals surface area contributed by atoms with Gasteiger partial charge in [-0.2, -0.15) is 0 Å². The van der Waals surface area contributed by atoms with Crippen LogP contribution in [-0.2, 0) is 16.6 Å². The van der Waals surface area contributed by atoms with Gasteiger partial charge < -0.3 is 19.9 Å². The van der Waals surface area contributed by atoms with E-state index in [1.165, 1.54) is 13.1 Å². The minimum Gasteiger partial charge on any atom is -0.489 e. The lowest BCUT2D eigenvalue weighted by molar-refractivity contribution is 0.102. The zero-order valence-corrected chi connectivity index (χ0v) is 20.7. The summed E-state index contributed by atoms with van der Waals surface area (Å²) < 4.78 is 33.7. The molecule has 1 amide bonds. The minimum absolute atomic E-state index is 0.0989. The smallest absolute Gasteiger partial charge is 0.255 e. The average Bonchev–Trinajstić information content (AvgIpc) is 2.89. The molecule has 3 aromatic rings. The molecule has 184 valence electrons. The van der Waals surface area contributed by atoms with Crippen molar-refractivity contribution in [1.82, 2.24) is 9.62 Å². The number of nitrogens with zero attached hydrogens (tertiary/aromatic N) is 2. The molecule has 9 heteroatoms. The summed E-state index contributed by atoms with van der Waals surface area (Å²) >= 11 is 0. The second kappa shape index (κ2) is 10.9. The Balaban J connectivity index is 1.47. The SMILES string of the molecule is CNS(=O)(=O)c1cc(C(=O)Nc2ccc(OCc3ccccc3)cc2)ccc1N1CCN(C)CC1. The van der Waals surface area contributed by atoms with E-state index in [0.717, 1.165) is 18.7 Å². The van der Waals surface area contributed by atoms with Crippen LogP contribution in [-0.4, -0.2) is 59.5 Å². The molecule has 8 nitrogen and oxygen atoms in total. The molecule has 1 heterocycles. The summed E-state index contributed by atoms with van der Waals surface area (Å²) in [6.07, 6.45) is 0. The van der Waals surface area contributed by atoms with Crippen LogP contribution >= 0.6 is 0 Å². The third-order valence-corrected chi connectivity index (χ3v) is 7.43. The monoisotopic (exact) mass is 494 g/mol. The first-order valence-corrected chi connectivity index (χ1v) is 12.9. The Kier molecular flexibility index (Phi) is 7.70. The van der Waals surface area contributed by atoms with Crippen molar-refractivity contribution in [2.75, 3.05) is 50.5 Å². The highest BCUT2D eigenvalue weighted by Gasteiger charge is 2.24. The topological polar surface area (TPSA) is 91.0 Å². The highest BCUT2D eigenvalue weighted by molar-refractivity contribution is 7.89. The molecule has 1 aliphatic heterocycles. The lowest BCUT2D eigenvalue weighted by atomic mass is 10.1. The maximum Gasteiger partial charge on any atom is 0.255 e. The molecular formula is C26H30N4O4S. The quantitative estimate of drug-likeness (QED) is 0.500. The van der Waals surface area contributed by atoms with Gasteiger partial charge in [0, 0.05) is 37.4 Å². The summed E-state index contributed by atoms with van der Waals surface area (Å²) in [4.78, 5) is 17.3. The van der Waals surface area contributed by atoms with Gasteiger partial charge in [0.15, 0.2) is 0 Å². The highest BCUT2D eigenvalue weighted by Crippen LogP contribution is 2.28. The molecule has 35 heavy (non-hydrogen) atoms. The Morgan fingerprint density at radius 2 is 1.63 bits per heavy atom. The summed E-state index contributed by atoms with van der Waals surface area (Å²) in [5.41, 5.74) is 2.52. The van der Waals surface area contributed by atoms with Crippen molar-refractivity contribution >= 4 is 27.3 Å². The van der Waals surface area contributed by atoms with E-state index in [1.54, 1.807) is 36.4 Å². The van der Waals surface area contributed by atoms with Crippen LogP contribution in [0.5, 0.6) is 5.75 Å². The molecule has 0 aromatic heterocycles. The number of rotatable bonds is 8. The number of hydrogen-bond acceptors (Lipinski definition) is 6. The van der Waals surface area contributed by atoms with Crippen molar-refractivity contribution in [3.8, 4) is 5.75 Å². The third-order valence-electron chi connectivity index (χ3n) is 5.98. The third kappa shape index (κ3) is 6.19. The highest BCUT2D eigenvalue weighted by atomic mass is 32.2. The number of hydrogen-bond donors (Lipinski definition) is 2. The molecule has 2 N–H and O–H groups in total. The average molecular weight is 495 g/mol. The lowest BCUT2D eigenvalue weighted by Gasteiger charge is -2.35. The first-order chi connectivity index (χ1) is 16.9. The van der Waals surface area contributed by atoms with Gasteiger partial charge >= 0.3 is 0 Å². The predicted octanol–water partition coefficient (Wildman–Crippen LogP) is 3.18. The van der Waals surface area contributed by atoms with Crippen molar-refractivity contribution in [2.45, 2.75) is 11.5 Å². The van der Waals surface area contributed by atoms with Crippen LogP contribution in [0.3, 0.4) is 0 Å². The molecular weight excluding hydrogens is 464 g/mol. The van der Waals surface area contributed by atoms with Crippen LogP contribution < -0.4 is 19.7 Å². The van der Waals surface area contributed by atoms with Crippen LogP contribution in [0.1, 0.15) is 15.9 Å². The van der Waals surface area contributed by atoms with Gasteiger partial charge in [-0.15, -0.1) is 0 Å². The largest absolute Gasteiger partial charge is 0.489 e. The van der Waals surface area contributed by atoms with Crippen molar-refractivity contribution in [1.29, 1.82) is 0 Å². The maximum absolute atomic E-state index is 12.9. The van der Waals surface area contributed by atoms with Gasteiger partial charge in [-0.25, -0.2) is 13.1 Å². The van der Waals surface area contributed by atoms with Crippen molar-refractivity contribution in [3.05, 3.63) is 83.9 Å². The van der Waals surface area contributed by atoms with Gasteiger partial charge in [0.25, 0.3) is 5.91 Å². The number of anilines is 2. The van der Waals surface area contributed by atoms with Crippen molar-refractivity contribution < 1.29 is 17.9 Å². The zero-order chi connectivity index (χ0) is 24.8. The van der Waals surface area contributed by atoms with Gasteiger partial charge in [0.05, 0.1) is 5.69 Å². The Labute approximate surface area is 206 Å². The molecule has 0 aliphatic carbocycles. The van der Waals surface area contributed by atoms with Crippen LogP contribution in [0.2, 0.25) is 0 Å². The van der Waals surface area contributed by atoms with Gasteiger partial charge in [-0.3, -0.25) is 4.79 Å². The van der Waals surface area contributed by atoms with Gasteiger partial charge in [0.1, 0.15) is 17.3 Å². The second-order valence-corrected chi connectivity index (χ2v) is 10.3. The van der Waals surface area contributed by atoms with E-state index in [9.17, 15) is 13.2 Å². The van der Waals surface area contributed by atoms with Gasteiger partial charge in [-0.1, -0.05) is 30.3 Å². The van der Waals surface area contributed by atoms with E-state index in [1.807, 2.05) is 42.3 Å². The number of nitrogens with one attached hydrogen (secondary N) is 2. The Morgan fingerprint density at radius 1 is 0.943 bits per heavy atom. The van der Waals surface area contributed by atoms with E-state index in [-0.39, 0.29) is 16.4 Å². The van der Waals surface area contributed by atoms with E-state index in [4.69, 9.17) is 4.74 Å². The number of carbonyl (C=O) groups excluding carboxylic acids is 1. The molecule has 0 radical (unpaired) electrons. The van der Waals surface area contributed by atoms with Crippen LogP contribution in [0.4, 0.5) is 11.4 Å². The Bertz CT molecular complexity index is 1260. The number of piperazine rings is 1. The molecule has 0 unspecified atom stereocenters. The van der Waals surface area contributed by atoms with E-state index < -0.39 is 10.0 Å². The minimum atomic E-state index is -3.76. The molecule has 0 atom stereocenters. The molecule has 1 aliphatic rings. The van der Waals surface area contributed by atoms with E-state index in [0.29, 0.717) is 36.8 Å². The summed E-state index contributed by atoms with van der Waals surface area (Å²) in [7, 11) is -0.345. The summed E-state index contributed by atoms with van der Waals surface area (Å²) in [5, 5.41) is 2.83. The van der Waals surface area contributed by atoms with Gasteiger partial charge in [0.2, 0.25) is 10.0 Å². The normalized spacial score (nSPS) is 14.5. The molecule has 4 rings (SSSR count). The fourth-order valence-electron chi connectivity index (χ4n) is 3.87. The number of amides is 1. The lowest BCUT2D eigenvalue weighted by Crippen LogP contribution is -2.45. The first-order valence-electron chi connectivity index (χ1n) is 11.4. The molecule has 3 aromatic carbocycles. The standard InChI is InChI=1S/C26H30N4O4S/c1-27-35(32,33)25-18-21(8-13-24(25)30-16-14-29(2)15-17-30)26(31)28-22-9-11-23(12-10-22)34-19-20-6-4-3-5-7-20/h3-13,18,27H,14-17,19H2,1-2H3,(H,28,31). The Morgan fingerprint density at radius 3 is 2.29 bits per heavy atom. The second-order valence-electron chi connectivity index (χ2n) is 8.43. The molecule has 0 bridgehead atoms. The zero-order valence-electron chi connectivity index (χ0n) is 19.9. The Hall–Kier alpha value is -3.40. The van der Waals surface area contributed by atoms with Crippen molar-refractivity contribution in [2.24, 2.45) is 0 Å². The van der Waals surface area contributed by atoms with E-state index in [2.05, 4.69) is 14.9 Å². The van der Waals surface area contributed by atoms with E-state index >= 15 is 0 Å². The van der Waals surface area contributed by atoms with Crippen molar-refractivity contribution in [3.63, 3.8) is 0 Å². The molecule has 1 saturated heterocycles. The van der Waals surface area contributed by atoms with Crippen LogP contribution in [0.25, 0.3) is 0 Å². The van der Waals surface area contributed by atoms with Crippen LogP contribution in [0.15, 0.2) is 77.7 Å². The predicted molar refractivity (Wildman–Crippen MR) is 138 cm³/mol. The first kappa shape index (κ1) is 24.7. The summed E-state index contributed by atoms with van der Waals surface area (Å²) in [5.74, 6) is 0.297. The van der Waals surface area contributed by atoms with Gasteiger partial charge in [-0.05, 0) is 62.1 Å². The number of ether oxygens (including phenoxy) is 1.